The molecule has 0 fully saturated rings. The first-order valence-electron chi connectivity index (χ1n) is 5.39. The van der Waals surface area contributed by atoms with Gasteiger partial charge in [0.05, 0.1) is 0 Å². The van der Waals surface area contributed by atoms with Crippen LogP contribution in [0.2, 0.25) is 0 Å². The summed E-state index contributed by atoms with van der Waals surface area (Å²) in [5.74, 6) is 0. The summed E-state index contributed by atoms with van der Waals surface area (Å²) in [6.07, 6.45) is 0. The summed E-state index contributed by atoms with van der Waals surface area (Å²) < 4.78 is 0. The van der Waals surface area contributed by atoms with Crippen LogP contribution in [0, 0.1) is 0 Å². The normalized spacial score (nSPS) is 9.12. The van der Waals surface area contributed by atoms with E-state index in [1.54, 1.807) is 0 Å². The zero-order valence-electron chi connectivity index (χ0n) is 9.56. The Morgan fingerprint density at radius 3 is 2.06 bits per heavy atom. The fourth-order valence-electron chi connectivity index (χ4n) is 1.35. The van der Waals surface area contributed by atoms with Crippen molar-refractivity contribution in [3.63, 3.8) is 0 Å². The molecular weight excluding hydrogens is 196 g/mol. The number of anilines is 1. The molecule has 0 aliphatic rings. The van der Waals surface area contributed by atoms with Gasteiger partial charge in [0, 0.05) is 7.11 Å². The van der Waals surface area contributed by atoms with Crippen LogP contribution in [0.25, 0.3) is 11.1 Å². The molecular formula is C14H20N2. The third-order valence-electron chi connectivity index (χ3n) is 1.99. The van der Waals surface area contributed by atoms with Gasteiger partial charge in [-0.15, -0.1) is 0 Å². The van der Waals surface area contributed by atoms with Gasteiger partial charge in [-0.05, 0) is 29.8 Å². The van der Waals surface area contributed by atoms with Gasteiger partial charge < -0.3 is 11.5 Å². The Balaban J connectivity index is 0.000000583. The minimum Gasteiger partial charge on any atom is -0.399 e. The second-order valence-corrected chi connectivity index (χ2v) is 3.40. The molecule has 0 unspecified atom stereocenters. The number of nitrogens with two attached hydrogens (primary N) is 2. The van der Waals surface area contributed by atoms with Crippen LogP contribution in [0.4, 0.5) is 5.69 Å². The highest BCUT2D eigenvalue weighted by molar-refractivity contribution is 5.66. The lowest BCUT2D eigenvalue weighted by atomic mass is 10.1. The molecule has 0 amide bonds. The van der Waals surface area contributed by atoms with Crippen LogP contribution in [0.5, 0.6) is 0 Å². The van der Waals surface area contributed by atoms with Crippen LogP contribution in [-0.4, -0.2) is 6.54 Å². The first-order chi connectivity index (χ1) is 7.77. The lowest BCUT2D eigenvalue weighted by Gasteiger charge is -2.01. The van der Waals surface area contributed by atoms with E-state index in [9.17, 15) is 0 Å². The number of rotatable bonds is 1. The standard InChI is InChI=1S/C12H11N.C2H7N.H2/c13-12-8-4-7-11(9-12)10-5-2-1-3-6-10;1-2-3;/h1-9H,13H2;2-3H2,1H3;1H. The van der Waals surface area contributed by atoms with Crippen molar-refractivity contribution < 1.29 is 1.43 Å². The Bertz CT molecular complexity index is 416. The largest absolute Gasteiger partial charge is 0.399 e. The Morgan fingerprint density at radius 1 is 0.938 bits per heavy atom. The lowest BCUT2D eigenvalue weighted by molar-refractivity contribution is 1.14. The second kappa shape index (κ2) is 6.64. The molecule has 2 heteroatoms. The average Bonchev–Trinajstić information content (AvgIpc) is 2.31. The number of hydrogen-bond donors (Lipinski definition) is 2. The van der Waals surface area contributed by atoms with Crippen molar-refractivity contribution in [1.29, 1.82) is 0 Å². The number of nitrogen functional groups attached to an aromatic ring is 1. The average molecular weight is 216 g/mol. The molecule has 0 aliphatic heterocycles. The minimum atomic E-state index is 0. The van der Waals surface area contributed by atoms with Gasteiger partial charge in [0.15, 0.2) is 0 Å². The summed E-state index contributed by atoms with van der Waals surface area (Å²) in [5.41, 5.74) is 13.7. The van der Waals surface area contributed by atoms with Crippen LogP contribution in [0.1, 0.15) is 8.35 Å². The van der Waals surface area contributed by atoms with Gasteiger partial charge in [0.1, 0.15) is 0 Å². The zero-order chi connectivity index (χ0) is 11.8. The highest BCUT2D eigenvalue weighted by atomic mass is 14.5. The fraction of sp³-hybridized carbons (Fsp3) is 0.143. The maximum absolute atomic E-state index is 5.70. The molecule has 0 saturated heterocycles. The van der Waals surface area contributed by atoms with Crippen molar-refractivity contribution in [2.45, 2.75) is 6.92 Å². The van der Waals surface area contributed by atoms with Gasteiger partial charge in [-0.3, -0.25) is 0 Å². The topological polar surface area (TPSA) is 52.0 Å². The van der Waals surface area contributed by atoms with E-state index in [1.807, 2.05) is 43.3 Å². The Kier molecular flexibility index (Phi) is 5.09. The molecule has 2 nitrogen and oxygen atoms in total. The molecule has 0 atom stereocenters. The van der Waals surface area contributed by atoms with E-state index in [2.05, 4.69) is 18.2 Å². The quantitative estimate of drug-likeness (QED) is 0.719. The third kappa shape index (κ3) is 3.75. The van der Waals surface area contributed by atoms with Crippen molar-refractivity contribution in [2.75, 3.05) is 12.3 Å². The molecule has 0 spiro atoms. The molecule has 0 aromatic heterocycles. The molecule has 0 aliphatic carbocycles. The van der Waals surface area contributed by atoms with E-state index < -0.39 is 0 Å². The van der Waals surface area contributed by atoms with Crippen molar-refractivity contribution in [2.24, 2.45) is 5.73 Å². The molecule has 0 radical (unpaired) electrons. The number of hydrogen-bond acceptors (Lipinski definition) is 2. The molecule has 2 aromatic carbocycles. The van der Waals surface area contributed by atoms with E-state index in [0.29, 0.717) is 0 Å². The highest BCUT2D eigenvalue weighted by Crippen LogP contribution is 2.20. The first-order valence-corrected chi connectivity index (χ1v) is 5.39. The predicted octanol–water partition coefficient (Wildman–Crippen LogP) is 3.15. The SMILES string of the molecule is CCN.Nc1cccc(-c2ccccc2)c1.[HH]. The zero-order valence-corrected chi connectivity index (χ0v) is 9.56. The summed E-state index contributed by atoms with van der Waals surface area (Å²) in [5, 5.41) is 0. The van der Waals surface area contributed by atoms with Gasteiger partial charge in [-0.1, -0.05) is 49.4 Å². The van der Waals surface area contributed by atoms with Gasteiger partial charge >= 0.3 is 0 Å². The van der Waals surface area contributed by atoms with Crippen molar-refractivity contribution in [1.82, 2.24) is 0 Å². The first kappa shape index (κ1) is 12.3. The van der Waals surface area contributed by atoms with E-state index in [-0.39, 0.29) is 1.43 Å². The maximum Gasteiger partial charge on any atom is 0.0320 e. The monoisotopic (exact) mass is 216 g/mol. The summed E-state index contributed by atoms with van der Waals surface area (Å²) in [7, 11) is 0. The van der Waals surface area contributed by atoms with E-state index in [1.165, 1.54) is 11.1 Å². The van der Waals surface area contributed by atoms with Crippen molar-refractivity contribution in [3.8, 4) is 11.1 Å². The summed E-state index contributed by atoms with van der Waals surface area (Å²) in [6, 6.07) is 18.1. The van der Waals surface area contributed by atoms with Gasteiger partial charge in [-0.25, -0.2) is 0 Å². The maximum atomic E-state index is 5.70. The van der Waals surface area contributed by atoms with E-state index in [0.717, 1.165) is 12.2 Å². The van der Waals surface area contributed by atoms with E-state index in [4.69, 9.17) is 11.5 Å². The molecule has 0 bridgehead atoms. The van der Waals surface area contributed by atoms with Crippen LogP contribution in [-0.2, 0) is 0 Å². The molecule has 4 N–H and O–H groups in total. The second-order valence-electron chi connectivity index (χ2n) is 3.40. The summed E-state index contributed by atoms with van der Waals surface area (Å²) in [4.78, 5) is 0. The Morgan fingerprint density at radius 2 is 1.50 bits per heavy atom. The third-order valence-corrected chi connectivity index (χ3v) is 1.99. The van der Waals surface area contributed by atoms with Crippen LogP contribution >= 0.6 is 0 Å². The molecule has 2 aromatic rings. The highest BCUT2D eigenvalue weighted by Gasteiger charge is 1.94. The smallest absolute Gasteiger partial charge is 0.0320 e. The number of benzene rings is 2. The minimum absolute atomic E-state index is 0. The van der Waals surface area contributed by atoms with Crippen molar-refractivity contribution >= 4 is 5.69 Å². The van der Waals surface area contributed by atoms with Crippen LogP contribution < -0.4 is 11.5 Å². The van der Waals surface area contributed by atoms with Gasteiger partial charge in [0.2, 0.25) is 0 Å². The molecule has 0 saturated carbocycles. The van der Waals surface area contributed by atoms with E-state index >= 15 is 0 Å². The van der Waals surface area contributed by atoms with Crippen LogP contribution in [0.3, 0.4) is 0 Å². The van der Waals surface area contributed by atoms with Crippen molar-refractivity contribution in [3.05, 3.63) is 54.6 Å². The van der Waals surface area contributed by atoms with Gasteiger partial charge in [-0.2, -0.15) is 0 Å². The van der Waals surface area contributed by atoms with Gasteiger partial charge in [0.25, 0.3) is 0 Å². The molecule has 86 valence electrons. The Hall–Kier alpha value is -1.80. The van der Waals surface area contributed by atoms with Crippen LogP contribution in [0.15, 0.2) is 54.6 Å². The molecule has 16 heavy (non-hydrogen) atoms. The fourth-order valence-corrected chi connectivity index (χ4v) is 1.35. The Labute approximate surface area is 98.4 Å². The predicted molar refractivity (Wildman–Crippen MR) is 73.1 cm³/mol. The summed E-state index contributed by atoms with van der Waals surface area (Å²) >= 11 is 0. The molecule has 0 heterocycles. The summed E-state index contributed by atoms with van der Waals surface area (Å²) in [6.45, 7) is 2.65. The lowest BCUT2D eigenvalue weighted by Crippen LogP contribution is -1.87. The molecule has 2 rings (SSSR count).